The molecule has 1 saturated heterocycles. The van der Waals surface area contributed by atoms with Gasteiger partial charge in [-0.25, -0.2) is 8.78 Å². The highest BCUT2D eigenvalue weighted by Gasteiger charge is 2.59. The van der Waals surface area contributed by atoms with Gasteiger partial charge >= 0.3 is 0 Å². The number of aliphatic hydroxyl groups is 3. The summed E-state index contributed by atoms with van der Waals surface area (Å²) in [6.45, 7) is 0.537. The van der Waals surface area contributed by atoms with Crippen LogP contribution in [0.4, 0.5) is 8.78 Å². The number of aliphatic hydroxyl groups excluding tert-OH is 2. The number of phenolic OH excluding ortho intramolecular Hbond substituents is 1. The van der Waals surface area contributed by atoms with E-state index < -0.39 is 41.3 Å². The summed E-state index contributed by atoms with van der Waals surface area (Å²) < 4.78 is 32.9. The molecule has 1 aliphatic carbocycles. The number of β-amino-alcohol motifs (C(OH)–C–C–N with tert-alkyl or cyclic N) is 2. The zero-order valence-electron chi connectivity index (χ0n) is 15.6. The van der Waals surface area contributed by atoms with E-state index in [1.807, 2.05) is 18.2 Å². The van der Waals surface area contributed by atoms with Gasteiger partial charge in [-0.1, -0.05) is 18.2 Å². The van der Waals surface area contributed by atoms with E-state index in [9.17, 15) is 29.2 Å². The zero-order valence-corrected chi connectivity index (χ0v) is 15.6. The fourth-order valence-corrected chi connectivity index (χ4v) is 4.42. The molecule has 0 spiro atoms. The van der Waals surface area contributed by atoms with E-state index in [2.05, 4.69) is 0 Å². The fraction of sp³-hybridized carbons (Fsp3) is 0.429. The van der Waals surface area contributed by atoms with E-state index in [1.165, 1.54) is 0 Å². The molecule has 2 fully saturated rings. The standard InChI is InChI=1S/C21H23F2NO5/c22-15-6-12(7-16(23)19(15)26)17(25)10-24-9-13-8-18(20(27)21(13,28)11-24)29-14-4-2-1-3-5-14/h1-7,13,17-18,20,25-28H,8-11H2/t13-,17?,18+,20+,21-/m1/s1. The Balaban J connectivity index is 1.41. The number of hydrogen-bond acceptors (Lipinski definition) is 6. The number of halogens is 2. The third-order valence-electron chi connectivity index (χ3n) is 5.93. The first-order chi connectivity index (χ1) is 13.8. The molecule has 1 aliphatic heterocycles. The van der Waals surface area contributed by atoms with Gasteiger partial charge in [0.15, 0.2) is 17.4 Å². The second-order valence-electron chi connectivity index (χ2n) is 7.88. The number of ether oxygens (including phenoxy) is 1. The maximum atomic E-state index is 13.5. The molecule has 8 heteroatoms. The molecule has 0 aromatic heterocycles. The van der Waals surface area contributed by atoms with Gasteiger partial charge in [-0.05, 0) is 36.2 Å². The normalized spacial score (nSPS) is 30.3. The van der Waals surface area contributed by atoms with Crippen LogP contribution in [0.2, 0.25) is 0 Å². The van der Waals surface area contributed by atoms with Crippen LogP contribution in [0, 0.1) is 17.6 Å². The summed E-state index contributed by atoms with van der Waals surface area (Å²) >= 11 is 0. The van der Waals surface area contributed by atoms with Gasteiger partial charge in [0.25, 0.3) is 0 Å². The molecule has 0 amide bonds. The monoisotopic (exact) mass is 407 g/mol. The molecule has 2 aromatic rings. The Hall–Kier alpha value is -2.26. The SMILES string of the molecule is Oc1c(F)cc(C(O)CN2C[C@H]3C[C@H](Oc4ccccc4)[C@H](O)[C@@]3(O)C2)cc1F. The minimum atomic E-state index is -1.38. The molecular formula is C21H23F2NO5. The summed E-state index contributed by atoms with van der Waals surface area (Å²) in [5.74, 6) is -3.02. The lowest BCUT2D eigenvalue weighted by Gasteiger charge is -2.29. The number of para-hydroxylation sites is 1. The van der Waals surface area contributed by atoms with Gasteiger partial charge in [-0.3, -0.25) is 4.90 Å². The molecule has 4 rings (SSSR count). The van der Waals surface area contributed by atoms with Crippen molar-refractivity contribution in [3.05, 3.63) is 59.7 Å². The van der Waals surface area contributed by atoms with Crippen LogP contribution in [-0.4, -0.2) is 62.8 Å². The summed E-state index contributed by atoms with van der Waals surface area (Å²) in [6, 6.07) is 10.8. The Morgan fingerprint density at radius 3 is 2.45 bits per heavy atom. The van der Waals surface area contributed by atoms with Gasteiger partial charge in [-0.2, -0.15) is 0 Å². The Bertz CT molecular complexity index is 860. The summed E-state index contributed by atoms with van der Waals surface area (Å²) in [4.78, 5) is 1.75. The molecule has 1 unspecified atom stereocenters. The molecule has 29 heavy (non-hydrogen) atoms. The first-order valence-corrected chi connectivity index (χ1v) is 9.48. The van der Waals surface area contributed by atoms with E-state index in [4.69, 9.17) is 4.74 Å². The first kappa shape index (κ1) is 20.0. The summed E-state index contributed by atoms with van der Waals surface area (Å²) in [7, 11) is 0. The number of aromatic hydroxyl groups is 1. The lowest BCUT2D eigenvalue weighted by molar-refractivity contribution is -0.0875. The maximum absolute atomic E-state index is 13.5. The molecular weight excluding hydrogens is 384 g/mol. The van der Waals surface area contributed by atoms with Crippen LogP contribution in [0.25, 0.3) is 0 Å². The summed E-state index contributed by atoms with van der Waals surface area (Å²) in [5, 5.41) is 41.2. The van der Waals surface area contributed by atoms with E-state index in [1.54, 1.807) is 17.0 Å². The topological polar surface area (TPSA) is 93.4 Å². The number of fused-ring (bicyclic) bond motifs is 1. The molecule has 156 valence electrons. The van der Waals surface area contributed by atoms with Crippen molar-refractivity contribution in [2.45, 2.75) is 30.3 Å². The van der Waals surface area contributed by atoms with E-state index >= 15 is 0 Å². The Morgan fingerprint density at radius 2 is 1.83 bits per heavy atom. The van der Waals surface area contributed by atoms with Crippen molar-refractivity contribution in [2.24, 2.45) is 5.92 Å². The third-order valence-corrected chi connectivity index (χ3v) is 5.93. The van der Waals surface area contributed by atoms with Gasteiger partial charge in [-0.15, -0.1) is 0 Å². The smallest absolute Gasteiger partial charge is 0.187 e. The Kier molecular flexibility index (Phi) is 5.20. The number of rotatable bonds is 5. The van der Waals surface area contributed by atoms with Crippen LogP contribution in [0.3, 0.4) is 0 Å². The molecule has 6 nitrogen and oxygen atoms in total. The highest BCUT2D eigenvalue weighted by molar-refractivity contribution is 5.31. The predicted octanol–water partition coefficient (Wildman–Crippen LogP) is 1.58. The second kappa shape index (κ2) is 7.53. The second-order valence-corrected chi connectivity index (χ2v) is 7.88. The molecule has 4 N–H and O–H groups in total. The van der Waals surface area contributed by atoms with Crippen LogP contribution >= 0.6 is 0 Å². The minimum Gasteiger partial charge on any atom is -0.503 e. The van der Waals surface area contributed by atoms with Crippen LogP contribution < -0.4 is 4.74 Å². The Morgan fingerprint density at radius 1 is 1.17 bits per heavy atom. The fourth-order valence-electron chi connectivity index (χ4n) is 4.42. The largest absolute Gasteiger partial charge is 0.503 e. The molecule has 0 bridgehead atoms. The number of benzene rings is 2. The van der Waals surface area contributed by atoms with Crippen molar-refractivity contribution in [1.29, 1.82) is 0 Å². The van der Waals surface area contributed by atoms with Gasteiger partial charge < -0.3 is 25.2 Å². The molecule has 0 radical (unpaired) electrons. The average Bonchev–Trinajstić information content (AvgIpc) is 3.11. The molecule has 2 aliphatic rings. The number of phenols is 1. The van der Waals surface area contributed by atoms with Gasteiger partial charge in [0.1, 0.15) is 23.6 Å². The van der Waals surface area contributed by atoms with Crippen molar-refractivity contribution in [2.75, 3.05) is 19.6 Å². The van der Waals surface area contributed by atoms with E-state index in [0.717, 1.165) is 12.1 Å². The molecule has 1 saturated carbocycles. The molecule has 1 heterocycles. The summed E-state index contributed by atoms with van der Waals surface area (Å²) in [6.07, 6.45) is -2.41. The van der Waals surface area contributed by atoms with Crippen molar-refractivity contribution in [3.63, 3.8) is 0 Å². The number of nitrogens with zero attached hydrogens (tertiary/aromatic N) is 1. The van der Waals surface area contributed by atoms with Gasteiger partial charge in [0.2, 0.25) is 0 Å². The highest BCUT2D eigenvalue weighted by atomic mass is 19.1. The minimum absolute atomic E-state index is 0.00677. The third kappa shape index (κ3) is 3.69. The zero-order chi connectivity index (χ0) is 20.8. The first-order valence-electron chi connectivity index (χ1n) is 9.48. The van der Waals surface area contributed by atoms with Crippen molar-refractivity contribution >= 4 is 0 Å². The summed E-state index contributed by atoms with van der Waals surface area (Å²) in [5.41, 5.74) is -1.39. The number of likely N-dealkylation sites (tertiary alicyclic amines) is 1. The highest BCUT2D eigenvalue weighted by Crippen LogP contribution is 2.43. The van der Waals surface area contributed by atoms with Crippen LogP contribution in [0.1, 0.15) is 18.1 Å². The lowest BCUT2D eigenvalue weighted by atomic mass is 9.93. The maximum Gasteiger partial charge on any atom is 0.187 e. The van der Waals surface area contributed by atoms with Crippen molar-refractivity contribution in [1.82, 2.24) is 4.90 Å². The van der Waals surface area contributed by atoms with Gasteiger partial charge in [0, 0.05) is 25.6 Å². The van der Waals surface area contributed by atoms with Crippen LogP contribution in [0.15, 0.2) is 42.5 Å². The van der Waals surface area contributed by atoms with Gasteiger partial charge in [0.05, 0.1) is 6.10 Å². The van der Waals surface area contributed by atoms with Crippen molar-refractivity contribution in [3.8, 4) is 11.5 Å². The van der Waals surface area contributed by atoms with E-state index in [0.29, 0.717) is 18.7 Å². The van der Waals surface area contributed by atoms with Crippen molar-refractivity contribution < 1.29 is 33.9 Å². The lowest BCUT2D eigenvalue weighted by Crippen LogP contribution is -2.49. The molecule has 5 atom stereocenters. The predicted molar refractivity (Wildman–Crippen MR) is 99.3 cm³/mol. The Labute approximate surface area is 166 Å². The molecule has 2 aromatic carbocycles. The van der Waals surface area contributed by atoms with Crippen LogP contribution in [-0.2, 0) is 0 Å². The van der Waals surface area contributed by atoms with E-state index in [-0.39, 0.29) is 24.6 Å². The quantitative estimate of drug-likeness (QED) is 0.602. The average molecular weight is 407 g/mol. The number of hydrogen-bond donors (Lipinski definition) is 4. The van der Waals surface area contributed by atoms with Crippen LogP contribution in [0.5, 0.6) is 11.5 Å².